The van der Waals surface area contributed by atoms with E-state index in [0.29, 0.717) is 17.4 Å². The van der Waals surface area contributed by atoms with Crippen LogP contribution >= 0.6 is 0 Å². The van der Waals surface area contributed by atoms with Gasteiger partial charge in [0, 0.05) is 7.05 Å². The molecule has 1 amide bonds. The number of likely N-dealkylation sites (N-methyl/N-ethyl adjacent to an activating group) is 1. The standard InChI is InChI=1S/C16H21NO5/c1-16(2,3)22-15(20)17(4)13(10-18)11-7-6-8-12(9-11)14(19)21-5/h6-10,13H,1-5H3. The van der Waals surface area contributed by atoms with Gasteiger partial charge in [-0.25, -0.2) is 9.59 Å². The minimum atomic E-state index is -0.848. The number of esters is 1. The van der Waals surface area contributed by atoms with Crippen LogP contribution in [0.2, 0.25) is 0 Å². The molecule has 0 spiro atoms. The molecule has 0 aliphatic rings. The molecule has 0 radical (unpaired) electrons. The molecule has 120 valence electrons. The van der Waals surface area contributed by atoms with Gasteiger partial charge in [-0.1, -0.05) is 12.1 Å². The van der Waals surface area contributed by atoms with Gasteiger partial charge in [-0.3, -0.25) is 4.90 Å². The summed E-state index contributed by atoms with van der Waals surface area (Å²) in [5.41, 5.74) is 0.155. The molecule has 0 fully saturated rings. The SMILES string of the molecule is COC(=O)c1cccc(C(C=O)N(C)C(=O)OC(C)(C)C)c1. The lowest BCUT2D eigenvalue weighted by atomic mass is 10.0. The Labute approximate surface area is 130 Å². The van der Waals surface area contributed by atoms with E-state index in [9.17, 15) is 14.4 Å². The largest absolute Gasteiger partial charge is 0.465 e. The number of benzene rings is 1. The van der Waals surface area contributed by atoms with Crippen molar-refractivity contribution in [2.24, 2.45) is 0 Å². The predicted octanol–water partition coefficient (Wildman–Crippen LogP) is 2.58. The summed E-state index contributed by atoms with van der Waals surface area (Å²) in [5.74, 6) is -0.508. The highest BCUT2D eigenvalue weighted by Gasteiger charge is 2.26. The van der Waals surface area contributed by atoms with Crippen LogP contribution in [-0.2, 0) is 14.3 Å². The fraction of sp³-hybridized carbons (Fsp3) is 0.438. The van der Waals surface area contributed by atoms with E-state index in [-0.39, 0.29) is 0 Å². The maximum absolute atomic E-state index is 12.1. The summed E-state index contributed by atoms with van der Waals surface area (Å²) >= 11 is 0. The van der Waals surface area contributed by atoms with Crippen LogP contribution in [-0.4, -0.2) is 43.0 Å². The van der Waals surface area contributed by atoms with Crippen LogP contribution in [0.5, 0.6) is 0 Å². The molecule has 0 aliphatic carbocycles. The van der Waals surface area contributed by atoms with Crippen LogP contribution in [0.15, 0.2) is 24.3 Å². The van der Waals surface area contributed by atoms with E-state index in [1.165, 1.54) is 25.1 Å². The van der Waals surface area contributed by atoms with E-state index in [0.717, 1.165) is 0 Å². The van der Waals surface area contributed by atoms with E-state index in [2.05, 4.69) is 4.74 Å². The van der Waals surface area contributed by atoms with Gasteiger partial charge >= 0.3 is 12.1 Å². The number of carbonyl (C=O) groups excluding carboxylic acids is 3. The van der Waals surface area contributed by atoms with Crippen LogP contribution in [0.3, 0.4) is 0 Å². The fourth-order valence-corrected chi connectivity index (χ4v) is 1.81. The third-order valence-electron chi connectivity index (χ3n) is 2.88. The lowest BCUT2D eigenvalue weighted by Crippen LogP contribution is -2.37. The molecule has 0 aromatic heterocycles. The lowest BCUT2D eigenvalue weighted by Gasteiger charge is -2.28. The molecule has 1 aromatic carbocycles. The minimum Gasteiger partial charge on any atom is -0.465 e. The van der Waals surface area contributed by atoms with Crippen LogP contribution in [0.4, 0.5) is 4.79 Å². The molecule has 0 bridgehead atoms. The van der Waals surface area contributed by atoms with Crippen molar-refractivity contribution < 1.29 is 23.9 Å². The van der Waals surface area contributed by atoms with Gasteiger partial charge in [0.15, 0.2) is 0 Å². The smallest absolute Gasteiger partial charge is 0.410 e. The topological polar surface area (TPSA) is 72.9 Å². The molecule has 0 N–H and O–H groups in total. The zero-order chi connectivity index (χ0) is 16.9. The molecule has 22 heavy (non-hydrogen) atoms. The Morgan fingerprint density at radius 2 is 1.91 bits per heavy atom. The summed E-state index contributed by atoms with van der Waals surface area (Å²) in [5, 5.41) is 0. The number of methoxy groups -OCH3 is 1. The van der Waals surface area contributed by atoms with Crippen molar-refractivity contribution in [3.05, 3.63) is 35.4 Å². The van der Waals surface area contributed by atoms with Gasteiger partial charge in [-0.05, 0) is 38.5 Å². The molecule has 1 unspecified atom stereocenters. The van der Waals surface area contributed by atoms with Crippen molar-refractivity contribution in [2.45, 2.75) is 32.4 Å². The molecule has 1 atom stereocenters. The van der Waals surface area contributed by atoms with Crippen molar-refractivity contribution in [3.63, 3.8) is 0 Å². The highest BCUT2D eigenvalue weighted by molar-refractivity contribution is 5.89. The first-order valence-corrected chi connectivity index (χ1v) is 6.79. The van der Waals surface area contributed by atoms with Crippen LogP contribution < -0.4 is 0 Å². The summed E-state index contributed by atoms with van der Waals surface area (Å²) in [6.07, 6.45) is 0.00778. The number of hydrogen-bond acceptors (Lipinski definition) is 5. The summed E-state index contributed by atoms with van der Waals surface area (Å²) in [6.45, 7) is 5.23. The average Bonchev–Trinajstić information content (AvgIpc) is 2.45. The number of carbonyl (C=O) groups is 3. The molecule has 0 heterocycles. The second-order valence-corrected chi connectivity index (χ2v) is 5.79. The second-order valence-electron chi connectivity index (χ2n) is 5.79. The molecule has 0 aliphatic heterocycles. The van der Waals surface area contributed by atoms with Crippen molar-refractivity contribution in [3.8, 4) is 0 Å². The first-order valence-electron chi connectivity index (χ1n) is 6.79. The fourth-order valence-electron chi connectivity index (χ4n) is 1.81. The van der Waals surface area contributed by atoms with Crippen LogP contribution in [0, 0.1) is 0 Å². The third-order valence-corrected chi connectivity index (χ3v) is 2.88. The minimum absolute atomic E-state index is 0.310. The Morgan fingerprint density at radius 3 is 2.41 bits per heavy atom. The Balaban J connectivity index is 3.03. The Kier molecular flexibility index (Phi) is 5.68. The van der Waals surface area contributed by atoms with E-state index in [4.69, 9.17) is 4.74 Å². The normalized spacial score (nSPS) is 12.2. The van der Waals surface area contributed by atoms with E-state index >= 15 is 0 Å². The first kappa shape index (κ1) is 17.7. The van der Waals surface area contributed by atoms with E-state index < -0.39 is 23.7 Å². The van der Waals surface area contributed by atoms with Gasteiger partial charge in [0.25, 0.3) is 0 Å². The van der Waals surface area contributed by atoms with Crippen molar-refractivity contribution in [1.82, 2.24) is 4.90 Å². The molecule has 6 nitrogen and oxygen atoms in total. The molecule has 1 rings (SSSR count). The van der Waals surface area contributed by atoms with Gasteiger partial charge in [-0.2, -0.15) is 0 Å². The summed E-state index contributed by atoms with van der Waals surface area (Å²) in [4.78, 5) is 36.2. The quantitative estimate of drug-likeness (QED) is 0.631. The zero-order valence-electron chi connectivity index (χ0n) is 13.5. The van der Waals surface area contributed by atoms with Gasteiger partial charge < -0.3 is 14.3 Å². The van der Waals surface area contributed by atoms with E-state index in [1.54, 1.807) is 39.0 Å². The number of rotatable bonds is 4. The van der Waals surface area contributed by atoms with Crippen molar-refractivity contribution in [1.29, 1.82) is 0 Å². The Bertz CT molecular complexity index is 562. The monoisotopic (exact) mass is 307 g/mol. The van der Waals surface area contributed by atoms with Crippen molar-refractivity contribution >= 4 is 18.3 Å². The first-order chi connectivity index (χ1) is 10.2. The predicted molar refractivity (Wildman–Crippen MR) is 80.6 cm³/mol. The van der Waals surface area contributed by atoms with Gasteiger partial charge in [0.1, 0.15) is 17.9 Å². The molecule has 0 saturated heterocycles. The molecular weight excluding hydrogens is 286 g/mol. The number of amides is 1. The van der Waals surface area contributed by atoms with Crippen LogP contribution in [0.1, 0.15) is 42.7 Å². The van der Waals surface area contributed by atoms with Gasteiger partial charge in [-0.15, -0.1) is 0 Å². The summed E-state index contributed by atoms with van der Waals surface area (Å²) < 4.78 is 9.89. The highest BCUT2D eigenvalue weighted by atomic mass is 16.6. The maximum atomic E-state index is 12.1. The lowest BCUT2D eigenvalue weighted by molar-refractivity contribution is -0.112. The molecule has 0 saturated carbocycles. The maximum Gasteiger partial charge on any atom is 0.410 e. The number of hydrogen-bond donors (Lipinski definition) is 0. The second kappa shape index (κ2) is 7.06. The van der Waals surface area contributed by atoms with Gasteiger partial charge in [0.05, 0.1) is 12.7 Å². The molecule has 1 aromatic rings. The van der Waals surface area contributed by atoms with Gasteiger partial charge in [0.2, 0.25) is 0 Å². The average molecular weight is 307 g/mol. The summed E-state index contributed by atoms with van der Waals surface area (Å²) in [6, 6.07) is 5.53. The zero-order valence-corrected chi connectivity index (χ0v) is 13.5. The number of aldehydes is 1. The Hall–Kier alpha value is -2.37. The van der Waals surface area contributed by atoms with E-state index in [1.807, 2.05) is 0 Å². The van der Waals surface area contributed by atoms with Crippen molar-refractivity contribution in [2.75, 3.05) is 14.2 Å². The summed E-state index contributed by atoms with van der Waals surface area (Å²) in [7, 11) is 2.75. The third kappa shape index (κ3) is 4.58. The molecular formula is C16H21NO5. The highest BCUT2D eigenvalue weighted by Crippen LogP contribution is 2.21. The number of ether oxygens (including phenoxy) is 2. The molecule has 6 heteroatoms. The van der Waals surface area contributed by atoms with Crippen LogP contribution in [0.25, 0.3) is 0 Å². The Morgan fingerprint density at radius 1 is 1.27 bits per heavy atom. The number of nitrogens with zero attached hydrogens (tertiary/aromatic N) is 1.